The Morgan fingerprint density at radius 3 is 2.79 bits per heavy atom. The van der Waals surface area contributed by atoms with Crippen molar-refractivity contribution in [2.24, 2.45) is 0 Å². The molecular weight excluding hydrogens is 307 g/mol. The fourth-order valence-corrected chi connectivity index (χ4v) is 2.66. The number of hydrazine groups is 1. The van der Waals surface area contributed by atoms with E-state index in [-0.39, 0.29) is 11.9 Å². The third kappa shape index (κ3) is 4.21. The maximum atomic E-state index is 13.3. The predicted octanol–water partition coefficient (Wildman–Crippen LogP) is 2.94. The Bertz CT molecular complexity index is 684. The van der Waals surface area contributed by atoms with E-state index in [0.29, 0.717) is 17.1 Å². The molecule has 0 saturated carbocycles. The van der Waals surface area contributed by atoms with Crippen molar-refractivity contribution in [2.45, 2.75) is 39.3 Å². The molecule has 1 aliphatic heterocycles. The number of anilines is 1. The highest BCUT2D eigenvalue weighted by atomic mass is 19.1. The number of halogens is 1. The average Bonchev–Trinajstić information content (AvgIpc) is 2.89. The van der Waals surface area contributed by atoms with Gasteiger partial charge in [-0.05, 0) is 56.2 Å². The van der Waals surface area contributed by atoms with Gasteiger partial charge in [0.1, 0.15) is 11.9 Å². The molecule has 1 aromatic carbocycles. The number of aliphatic hydroxyl groups excluding tert-OH is 1. The summed E-state index contributed by atoms with van der Waals surface area (Å²) < 4.78 is 13.3. The lowest BCUT2D eigenvalue weighted by Crippen LogP contribution is -2.37. The van der Waals surface area contributed by atoms with E-state index in [9.17, 15) is 9.50 Å². The number of hydrogen-bond donors (Lipinski definition) is 4. The summed E-state index contributed by atoms with van der Waals surface area (Å²) in [5.41, 5.74) is 6.20. The van der Waals surface area contributed by atoms with E-state index in [1.807, 2.05) is 13.1 Å². The molecule has 2 atom stereocenters. The quantitative estimate of drug-likeness (QED) is 0.605. The number of benzene rings is 1. The first-order valence-electron chi connectivity index (χ1n) is 8.01. The number of rotatable bonds is 6. The largest absolute Gasteiger partial charge is 0.381 e. The molecular formula is C18H25FN4O. The van der Waals surface area contributed by atoms with Gasteiger partial charge in [0.15, 0.2) is 0 Å². The zero-order chi connectivity index (χ0) is 17.9. The van der Waals surface area contributed by atoms with Crippen molar-refractivity contribution in [3.8, 4) is 0 Å². The number of nitrogens with zero attached hydrogens (tertiary/aromatic N) is 1. The molecule has 1 aliphatic rings. The fourth-order valence-electron chi connectivity index (χ4n) is 2.66. The lowest BCUT2D eigenvalue weighted by molar-refractivity contribution is 0.187. The molecule has 5 nitrogen and oxygen atoms in total. The van der Waals surface area contributed by atoms with Gasteiger partial charge in [0.05, 0.1) is 11.4 Å². The minimum Gasteiger partial charge on any atom is -0.381 e. The minimum absolute atomic E-state index is 0.175. The van der Waals surface area contributed by atoms with Gasteiger partial charge in [0, 0.05) is 24.5 Å². The molecule has 1 heterocycles. The van der Waals surface area contributed by atoms with Crippen LogP contribution in [0, 0.1) is 18.2 Å². The summed E-state index contributed by atoms with van der Waals surface area (Å²) in [6, 6.07) is 4.60. The van der Waals surface area contributed by atoms with Crippen LogP contribution in [-0.2, 0) is 0 Å². The normalized spacial score (nSPS) is 19.2. The van der Waals surface area contributed by atoms with Crippen molar-refractivity contribution in [3.05, 3.63) is 53.1 Å². The number of nitrogens with one attached hydrogen (secondary N) is 3. The molecule has 0 aromatic heterocycles. The first-order valence-corrected chi connectivity index (χ1v) is 8.01. The average molecular weight is 332 g/mol. The molecule has 0 spiro atoms. The summed E-state index contributed by atoms with van der Waals surface area (Å²) in [6.45, 7) is 5.50. The Balaban J connectivity index is 2.30. The fraction of sp³-hybridized carbons (Fsp3) is 0.389. The second-order valence-electron chi connectivity index (χ2n) is 6.06. The van der Waals surface area contributed by atoms with Gasteiger partial charge < -0.3 is 20.8 Å². The number of hydrogen-bond acceptors (Lipinski definition) is 5. The Labute approximate surface area is 142 Å². The van der Waals surface area contributed by atoms with E-state index in [4.69, 9.17) is 5.41 Å². The third-order valence-corrected chi connectivity index (χ3v) is 3.97. The van der Waals surface area contributed by atoms with E-state index >= 15 is 0 Å². The Hall–Kier alpha value is -2.18. The third-order valence-electron chi connectivity index (χ3n) is 3.97. The van der Waals surface area contributed by atoms with Crippen LogP contribution in [0.2, 0.25) is 0 Å². The van der Waals surface area contributed by atoms with Gasteiger partial charge in [-0.3, -0.25) is 0 Å². The second kappa shape index (κ2) is 7.59. The van der Waals surface area contributed by atoms with E-state index in [0.717, 1.165) is 17.7 Å². The van der Waals surface area contributed by atoms with Crippen LogP contribution in [0.5, 0.6) is 0 Å². The van der Waals surface area contributed by atoms with Crippen molar-refractivity contribution in [2.75, 3.05) is 12.4 Å². The summed E-state index contributed by atoms with van der Waals surface area (Å²) in [7, 11) is 1.85. The van der Waals surface area contributed by atoms with E-state index in [1.54, 1.807) is 31.0 Å². The maximum absolute atomic E-state index is 13.3. The van der Waals surface area contributed by atoms with Gasteiger partial charge in [-0.25, -0.2) is 9.82 Å². The van der Waals surface area contributed by atoms with Crippen LogP contribution in [0.3, 0.4) is 0 Å². The van der Waals surface area contributed by atoms with Crippen molar-refractivity contribution in [3.63, 3.8) is 0 Å². The molecule has 0 amide bonds. The Morgan fingerprint density at radius 2 is 2.25 bits per heavy atom. The van der Waals surface area contributed by atoms with Crippen LogP contribution < -0.4 is 10.7 Å². The topological polar surface area (TPSA) is 71.4 Å². The molecule has 0 fully saturated rings. The number of likely N-dealkylation sites (N-methyl/N-ethyl adjacent to an activating group) is 1. The standard InChI is InChI=1S/C18H25FN4O/c1-5-14-10-17(23(4)22-14)18(24)16(9-12(3)20)21-15-7-6-13(19)8-11(15)2/h6-10,14,18,20-22,24H,5H2,1-4H3/b16-9-,20-12?. The first kappa shape index (κ1) is 18.2. The van der Waals surface area contributed by atoms with Crippen LogP contribution in [-0.4, -0.2) is 35.0 Å². The molecule has 0 saturated heterocycles. The molecule has 130 valence electrons. The molecule has 0 bridgehead atoms. The van der Waals surface area contributed by atoms with Crippen molar-refractivity contribution in [1.82, 2.24) is 10.4 Å². The van der Waals surface area contributed by atoms with Crippen molar-refractivity contribution in [1.29, 1.82) is 5.41 Å². The predicted molar refractivity (Wildman–Crippen MR) is 95.3 cm³/mol. The van der Waals surface area contributed by atoms with Gasteiger partial charge in [-0.15, -0.1) is 0 Å². The van der Waals surface area contributed by atoms with E-state index in [2.05, 4.69) is 17.7 Å². The summed E-state index contributed by atoms with van der Waals surface area (Å²) >= 11 is 0. The minimum atomic E-state index is -0.913. The molecule has 2 unspecified atom stereocenters. The molecule has 2 rings (SSSR count). The van der Waals surface area contributed by atoms with Gasteiger partial charge in [0.2, 0.25) is 0 Å². The highest BCUT2D eigenvalue weighted by Gasteiger charge is 2.27. The summed E-state index contributed by atoms with van der Waals surface area (Å²) in [4.78, 5) is 0. The van der Waals surface area contributed by atoms with Crippen LogP contribution in [0.25, 0.3) is 0 Å². The van der Waals surface area contributed by atoms with Gasteiger partial charge in [0.25, 0.3) is 0 Å². The molecule has 6 heteroatoms. The highest BCUT2D eigenvalue weighted by Crippen LogP contribution is 2.24. The molecule has 0 aliphatic carbocycles. The zero-order valence-corrected chi connectivity index (χ0v) is 14.5. The molecule has 4 N–H and O–H groups in total. The lowest BCUT2D eigenvalue weighted by Gasteiger charge is -2.25. The SMILES string of the molecule is CCC1C=C(C(O)/C(=C/C(C)=N)Nc2ccc(F)cc2C)N(C)N1. The highest BCUT2D eigenvalue weighted by molar-refractivity contribution is 5.91. The maximum Gasteiger partial charge on any atom is 0.134 e. The Morgan fingerprint density at radius 1 is 1.54 bits per heavy atom. The molecule has 1 aromatic rings. The summed E-state index contributed by atoms with van der Waals surface area (Å²) in [5.74, 6) is -0.305. The number of aliphatic hydroxyl groups is 1. The van der Waals surface area contributed by atoms with Crippen LogP contribution >= 0.6 is 0 Å². The summed E-state index contributed by atoms with van der Waals surface area (Å²) in [5, 5.41) is 23.5. The van der Waals surface area contributed by atoms with Crippen LogP contribution in [0.4, 0.5) is 10.1 Å². The van der Waals surface area contributed by atoms with Crippen LogP contribution in [0.15, 0.2) is 41.7 Å². The second-order valence-corrected chi connectivity index (χ2v) is 6.06. The monoisotopic (exact) mass is 332 g/mol. The molecule has 0 radical (unpaired) electrons. The summed E-state index contributed by atoms with van der Waals surface area (Å²) in [6.07, 6.45) is 3.57. The van der Waals surface area contributed by atoms with Gasteiger partial charge in [-0.1, -0.05) is 6.92 Å². The molecule has 24 heavy (non-hydrogen) atoms. The zero-order valence-electron chi connectivity index (χ0n) is 14.5. The first-order chi connectivity index (χ1) is 11.3. The van der Waals surface area contributed by atoms with E-state index < -0.39 is 6.10 Å². The number of allylic oxidation sites excluding steroid dienone is 1. The van der Waals surface area contributed by atoms with Crippen molar-refractivity contribution >= 4 is 11.4 Å². The van der Waals surface area contributed by atoms with Crippen LogP contribution in [0.1, 0.15) is 25.8 Å². The lowest BCUT2D eigenvalue weighted by atomic mass is 10.1. The number of aryl methyl sites for hydroxylation is 1. The van der Waals surface area contributed by atoms with Gasteiger partial charge in [-0.2, -0.15) is 0 Å². The Kier molecular flexibility index (Phi) is 5.75. The van der Waals surface area contributed by atoms with E-state index in [1.165, 1.54) is 12.1 Å². The smallest absolute Gasteiger partial charge is 0.134 e. The van der Waals surface area contributed by atoms with Gasteiger partial charge >= 0.3 is 0 Å². The van der Waals surface area contributed by atoms with Crippen molar-refractivity contribution < 1.29 is 9.50 Å².